The minimum Gasteiger partial charge on any atom is -0.361 e. The molecule has 1 amide bonds. The standard InChI is InChI=1S/C21H30N4O/c26-21(14-17-15-23-20-8-2-1-7-19(17)20)25(18-6-5-9-22-16-18)13-12-24-10-3-4-11-24/h1-2,7-8,15,18,22-23H,3-6,9-14,16H2/t18-/m0/s1. The van der Waals surface area contributed by atoms with Crippen LogP contribution in [-0.4, -0.2) is 66.0 Å². The maximum atomic E-state index is 13.2. The van der Waals surface area contributed by atoms with Crippen LogP contribution in [0.4, 0.5) is 0 Å². The average Bonchev–Trinajstić information content (AvgIpc) is 3.33. The number of fused-ring (bicyclic) bond motifs is 1. The molecule has 2 fully saturated rings. The highest BCUT2D eigenvalue weighted by molar-refractivity contribution is 5.89. The van der Waals surface area contributed by atoms with Crippen LogP contribution in [0, 0.1) is 0 Å². The smallest absolute Gasteiger partial charge is 0.227 e. The number of rotatable bonds is 6. The topological polar surface area (TPSA) is 51.4 Å². The van der Waals surface area contributed by atoms with Gasteiger partial charge >= 0.3 is 0 Å². The van der Waals surface area contributed by atoms with Crippen LogP contribution in [-0.2, 0) is 11.2 Å². The van der Waals surface area contributed by atoms with Crippen molar-refractivity contribution in [1.82, 2.24) is 20.1 Å². The summed E-state index contributed by atoms with van der Waals surface area (Å²) in [5, 5.41) is 4.64. The van der Waals surface area contributed by atoms with Crippen molar-refractivity contribution >= 4 is 16.8 Å². The minimum atomic E-state index is 0.266. The Morgan fingerprint density at radius 1 is 1.19 bits per heavy atom. The van der Waals surface area contributed by atoms with Gasteiger partial charge in [-0.15, -0.1) is 0 Å². The molecule has 0 radical (unpaired) electrons. The second-order valence-corrected chi connectivity index (χ2v) is 7.67. The molecule has 0 bridgehead atoms. The molecule has 1 atom stereocenters. The van der Waals surface area contributed by atoms with Crippen LogP contribution in [0.1, 0.15) is 31.2 Å². The van der Waals surface area contributed by atoms with Crippen LogP contribution in [0.2, 0.25) is 0 Å². The molecule has 0 saturated carbocycles. The lowest BCUT2D eigenvalue weighted by Crippen LogP contribution is -2.51. The van der Waals surface area contributed by atoms with E-state index in [4.69, 9.17) is 0 Å². The molecule has 140 valence electrons. The number of piperidine rings is 1. The first kappa shape index (κ1) is 17.6. The molecule has 3 heterocycles. The van der Waals surface area contributed by atoms with Crippen LogP contribution < -0.4 is 5.32 Å². The fraction of sp³-hybridized carbons (Fsp3) is 0.571. The van der Waals surface area contributed by atoms with Crippen LogP contribution in [0.5, 0.6) is 0 Å². The number of hydrogen-bond acceptors (Lipinski definition) is 3. The van der Waals surface area contributed by atoms with E-state index < -0.39 is 0 Å². The SMILES string of the molecule is O=C(Cc1c[nH]c2ccccc12)N(CCN1CCCC1)[C@H]1CCCNC1. The van der Waals surface area contributed by atoms with Gasteiger partial charge in [-0.05, 0) is 56.9 Å². The van der Waals surface area contributed by atoms with Gasteiger partial charge in [-0.1, -0.05) is 18.2 Å². The molecular weight excluding hydrogens is 324 g/mol. The maximum absolute atomic E-state index is 13.2. The number of nitrogens with one attached hydrogen (secondary N) is 2. The molecule has 0 spiro atoms. The summed E-state index contributed by atoms with van der Waals surface area (Å²) in [5.41, 5.74) is 2.22. The molecular formula is C21H30N4O. The quantitative estimate of drug-likeness (QED) is 0.837. The summed E-state index contributed by atoms with van der Waals surface area (Å²) in [7, 11) is 0. The fourth-order valence-electron chi connectivity index (χ4n) is 4.41. The average molecular weight is 354 g/mol. The Kier molecular flexibility index (Phi) is 5.56. The minimum absolute atomic E-state index is 0.266. The summed E-state index contributed by atoms with van der Waals surface area (Å²) < 4.78 is 0. The Hall–Kier alpha value is -1.85. The predicted molar refractivity (Wildman–Crippen MR) is 105 cm³/mol. The summed E-state index contributed by atoms with van der Waals surface area (Å²) in [5.74, 6) is 0.266. The van der Waals surface area contributed by atoms with Gasteiger partial charge < -0.3 is 20.1 Å². The van der Waals surface area contributed by atoms with E-state index in [1.807, 2.05) is 18.3 Å². The van der Waals surface area contributed by atoms with E-state index in [2.05, 4.69) is 32.2 Å². The van der Waals surface area contributed by atoms with Crippen LogP contribution in [0.15, 0.2) is 30.5 Å². The first-order valence-corrected chi connectivity index (χ1v) is 10.1. The van der Waals surface area contributed by atoms with E-state index in [1.165, 1.54) is 31.3 Å². The molecule has 1 aromatic heterocycles. The molecule has 2 saturated heterocycles. The normalized spacial score (nSPS) is 21.3. The number of nitrogens with zero attached hydrogens (tertiary/aromatic N) is 2. The predicted octanol–water partition coefficient (Wildman–Crippen LogP) is 2.39. The number of aromatic amines is 1. The van der Waals surface area contributed by atoms with Gasteiger partial charge in [-0.2, -0.15) is 0 Å². The highest BCUT2D eigenvalue weighted by Crippen LogP contribution is 2.20. The molecule has 2 N–H and O–H groups in total. The van der Waals surface area contributed by atoms with Gasteiger partial charge in [0.25, 0.3) is 0 Å². The van der Waals surface area contributed by atoms with E-state index in [9.17, 15) is 4.79 Å². The molecule has 5 heteroatoms. The Bertz CT molecular complexity index is 728. The molecule has 0 aliphatic carbocycles. The van der Waals surface area contributed by atoms with Gasteiger partial charge in [0.2, 0.25) is 5.91 Å². The highest BCUT2D eigenvalue weighted by atomic mass is 16.2. The molecule has 4 rings (SSSR count). The summed E-state index contributed by atoms with van der Waals surface area (Å²) >= 11 is 0. The Balaban J connectivity index is 1.46. The molecule has 26 heavy (non-hydrogen) atoms. The zero-order valence-corrected chi connectivity index (χ0v) is 15.5. The number of hydrogen-bond donors (Lipinski definition) is 2. The second kappa shape index (κ2) is 8.23. The van der Waals surface area contributed by atoms with Crippen molar-refractivity contribution in [3.63, 3.8) is 0 Å². The summed E-state index contributed by atoms with van der Waals surface area (Å²) in [4.78, 5) is 21.2. The van der Waals surface area contributed by atoms with Crippen molar-refractivity contribution in [3.8, 4) is 0 Å². The Labute approximate surface area is 155 Å². The van der Waals surface area contributed by atoms with Gasteiger partial charge in [0.15, 0.2) is 0 Å². The third-order valence-corrected chi connectivity index (χ3v) is 5.90. The van der Waals surface area contributed by atoms with Crippen molar-refractivity contribution in [1.29, 1.82) is 0 Å². The molecule has 2 aliphatic heterocycles. The first-order valence-electron chi connectivity index (χ1n) is 10.1. The zero-order chi connectivity index (χ0) is 17.8. The number of likely N-dealkylation sites (tertiary alicyclic amines) is 1. The lowest BCUT2D eigenvalue weighted by atomic mass is 10.0. The Morgan fingerprint density at radius 2 is 2.04 bits per heavy atom. The van der Waals surface area contributed by atoms with Crippen LogP contribution >= 0.6 is 0 Å². The van der Waals surface area contributed by atoms with Gasteiger partial charge in [0, 0.05) is 42.8 Å². The van der Waals surface area contributed by atoms with Crippen molar-refractivity contribution in [3.05, 3.63) is 36.0 Å². The van der Waals surface area contributed by atoms with E-state index in [0.29, 0.717) is 12.5 Å². The third kappa shape index (κ3) is 3.94. The molecule has 2 aromatic rings. The third-order valence-electron chi connectivity index (χ3n) is 5.90. The Morgan fingerprint density at radius 3 is 2.85 bits per heavy atom. The number of para-hydroxylation sites is 1. The molecule has 0 unspecified atom stereocenters. The number of carbonyl (C=O) groups excluding carboxylic acids is 1. The first-order chi connectivity index (χ1) is 12.8. The molecule has 2 aliphatic rings. The lowest BCUT2D eigenvalue weighted by molar-refractivity contribution is -0.133. The monoisotopic (exact) mass is 354 g/mol. The van der Waals surface area contributed by atoms with Crippen molar-refractivity contribution in [2.75, 3.05) is 39.3 Å². The second-order valence-electron chi connectivity index (χ2n) is 7.67. The number of benzene rings is 1. The molecule has 1 aromatic carbocycles. The van der Waals surface area contributed by atoms with E-state index >= 15 is 0 Å². The summed E-state index contributed by atoms with van der Waals surface area (Å²) in [6.45, 7) is 6.25. The molecule has 5 nitrogen and oxygen atoms in total. The van der Waals surface area contributed by atoms with E-state index in [1.54, 1.807) is 0 Å². The van der Waals surface area contributed by atoms with Crippen molar-refractivity contribution in [2.45, 2.75) is 38.1 Å². The van der Waals surface area contributed by atoms with E-state index in [0.717, 1.165) is 50.1 Å². The van der Waals surface area contributed by atoms with Crippen LogP contribution in [0.25, 0.3) is 10.9 Å². The fourth-order valence-corrected chi connectivity index (χ4v) is 4.41. The number of carbonyl (C=O) groups is 1. The van der Waals surface area contributed by atoms with Crippen molar-refractivity contribution in [2.24, 2.45) is 0 Å². The maximum Gasteiger partial charge on any atom is 0.227 e. The van der Waals surface area contributed by atoms with Gasteiger partial charge in [-0.3, -0.25) is 4.79 Å². The summed E-state index contributed by atoms with van der Waals surface area (Å²) in [6, 6.07) is 8.58. The number of H-pyrrole nitrogens is 1. The van der Waals surface area contributed by atoms with Gasteiger partial charge in [0.05, 0.1) is 6.42 Å². The number of amides is 1. The zero-order valence-electron chi connectivity index (χ0n) is 15.5. The lowest BCUT2D eigenvalue weighted by Gasteiger charge is -2.36. The summed E-state index contributed by atoms with van der Waals surface area (Å²) in [6.07, 6.45) is 7.36. The highest BCUT2D eigenvalue weighted by Gasteiger charge is 2.26. The number of aromatic nitrogens is 1. The van der Waals surface area contributed by atoms with Crippen molar-refractivity contribution < 1.29 is 4.79 Å². The largest absolute Gasteiger partial charge is 0.361 e. The van der Waals surface area contributed by atoms with E-state index in [-0.39, 0.29) is 5.91 Å². The van der Waals surface area contributed by atoms with Crippen LogP contribution in [0.3, 0.4) is 0 Å². The van der Waals surface area contributed by atoms with Gasteiger partial charge in [0.1, 0.15) is 0 Å². The van der Waals surface area contributed by atoms with Gasteiger partial charge in [-0.25, -0.2) is 0 Å².